The van der Waals surface area contributed by atoms with Gasteiger partial charge in [-0.3, -0.25) is 9.59 Å². The number of carbonyl (C=O) groups is 2. The van der Waals surface area contributed by atoms with Gasteiger partial charge < -0.3 is 10.4 Å². The van der Waals surface area contributed by atoms with E-state index in [1.165, 1.54) is 0 Å². The molecule has 1 unspecified atom stereocenters. The summed E-state index contributed by atoms with van der Waals surface area (Å²) >= 11 is 0. The Bertz CT molecular complexity index is 259. The lowest BCUT2D eigenvalue weighted by atomic mass is 9.92. The van der Waals surface area contributed by atoms with Gasteiger partial charge in [-0.15, -0.1) is 0 Å². The van der Waals surface area contributed by atoms with E-state index in [2.05, 4.69) is 19.2 Å². The Kier molecular flexibility index (Phi) is 5.48. The first-order valence-electron chi connectivity index (χ1n) is 5.67. The lowest BCUT2D eigenvalue weighted by Crippen LogP contribution is -2.39. The topological polar surface area (TPSA) is 66.4 Å². The van der Waals surface area contributed by atoms with Crippen LogP contribution in [-0.4, -0.2) is 23.5 Å². The van der Waals surface area contributed by atoms with Crippen molar-refractivity contribution in [3.8, 4) is 0 Å². The second kappa shape index (κ2) is 5.87. The van der Waals surface area contributed by atoms with Gasteiger partial charge in [0.2, 0.25) is 5.91 Å². The fourth-order valence-corrected chi connectivity index (χ4v) is 0.995. The second-order valence-corrected chi connectivity index (χ2v) is 5.39. The van der Waals surface area contributed by atoms with Crippen molar-refractivity contribution in [1.29, 1.82) is 0 Å². The van der Waals surface area contributed by atoms with Crippen LogP contribution in [0.1, 0.15) is 41.0 Å². The summed E-state index contributed by atoms with van der Waals surface area (Å²) in [6, 6.07) is 0. The molecule has 94 valence electrons. The summed E-state index contributed by atoms with van der Waals surface area (Å²) in [5.74, 6) is -0.202. The Balaban J connectivity index is 4.04. The Morgan fingerprint density at radius 2 is 1.75 bits per heavy atom. The van der Waals surface area contributed by atoms with E-state index < -0.39 is 11.4 Å². The standard InChI is InChI=1S/C12H23NO3/c1-8(2)9(3)6-10(14)13-7-12(4,5)11(15)16/h8-9H,6-7H2,1-5H3,(H,13,14)(H,15,16). The molecule has 1 atom stereocenters. The molecular weight excluding hydrogens is 206 g/mol. The van der Waals surface area contributed by atoms with Gasteiger partial charge in [-0.2, -0.15) is 0 Å². The smallest absolute Gasteiger partial charge is 0.310 e. The van der Waals surface area contributed by atoms with Gasteiger partial charge in [0.1, 0.15) is 0 Å². The van der Waals surface area contributed by atoms with Gasteiger partial charge in [-0.25, -0.2) is 0 Å². The largest absolute Gasteiger partial charge is 0.481 e. The second-order valence-electron chi connectivity index (χ2n) is 5.39. The Labute approximate surface area is 97.4 Å². The van der Waals surface area contributed by atoms with Crippen molar-refractivity contribution in [1.82, 2.24) is 5.32 Å². The molecule has 0 aliphatic rings. The quantitative estimate of drug-likeness (QED) is 0.731. The highest BCUT2D eigenvalue weighted by Crippen LogP contribution is 2.15. The monoisotopic (exact) mass is 229 g/mol. The zero-order valence-electron chi connectivity index (χ0n) is 10.8. The molecule has 0 aromatic carbocycles. The van der Waals surface area contributed by atoms with Crippen LogP contribution in [0.15, 0.2) is 0 Å². The minimum Gasteiger partial charge on any atom is -0.481 e. The number of carbonyl (C=O) groups excluding carboxylic acids is 1. The first-order valence-corrected chi connectivity index (χ1v) is 5.67. The predicted molar refractivity (Wildman–Crippen MR) is 63.0 cm³/mol. The number of rotatable bonds is 6. The zero-order chi connectivity index (χ0) is 12.9. The van der Waals surface area contributed by atoms with Gasteiger partial charge in [0, 0.05) is 13.0 Å². The molecule has 0 radical (unpaired) electrons. The van der Waals surface area contributed by atoms with Gasteiger partial charge in [-0.1, -0.05) is 20.8 Å². The molecule has 4 heteroatoms. The minimum absolute atomic E-state index is 0.0736. The first-order chi connectivity index (χ1) is 7.16. The summed E-state index contributed by atoms with van der Waals surface area (Å²) in [4.78, 5) is 22.3. The number of carboxylic acids is 1. The van der Waals surface area contributed by atoms with Crippen LogP contribution >= 0.6 is 0 Å². The van der Waals surface area contributed by atoms with Gasteiger partial charge in [0.05, 0.1) is 5.41 Å². The van der Waals surface area contributed by atoms with Gasteiger partial charge in [-0.05, 0) is 25.7 Å². The summed E-state index contributed by atoms with van der Waals surface area (Å²) in [7, 11) is 0. The molecule has 0 aromatic rings. The minimum atomic E-state index is -0.906. The van der Waals surface area contributed by atoms with Gasteiger partial charge in [0.15, 0.2) is 0 Å². The molecule has 0 heterocycles. The van der Waals surface area contributed by atoms with Crippen molar-refractivity contribution in [2.45, 2.75) is 41.0 Å². The summed E-state index contributed by atoms with van der Waals surface area (Å²) < 4.78 is 0. The average molecular weight is 229 g/mol. The van der Waals surface area contributed by atoms with Crippen LogP contribution in [-0.2, 0) is 9.59 Å². The number of hydrogen-bond acceptors (Lipinski definition) is 2. The number of aliphatic carboxylic acids is 1. The zero-order valence-corrected chi connectivity index (χ0v) is 10.8. The highest BCUT2D eigenvalue weighted by molar-refractivity contribution is 5.78. The normalized spacial score (nSPS) is 13.6. The molecule has 0 rings (SSSR count). The molecule has 0 spiro atoms. The third kappa shape index (κ3) is 5.14. The molecule has 0 aromatic heterocycles. The molecule has 0 fully saturated rings. The van der Waals surface area contributed by atoms with E-state index in [1.807, 2.05) is 6.92 Å². The molecule has 0 saturated heterocycles. The van der Waals surface area contributed by atoms with Crippen LogP contribution in [0.3, 0.4) is 0 Å². The number of carboxylic acid groups (broad SMARTS) is 1. The molecule has 0 bridgehead atoms. The lowest BCUT2D eigenvalue weighted by Gasteiger charge is -2.21. The van der Waals surface area contributed by atoms with E-state index in [9.17, 15) is 9.59 Å². The fourth-order valence-electron chi connectivity index (χ4n) is 0.995. The Morgan fingerprint density at radius 1 is 1.25 bits per heavy atom. The summed E-state index contributed by atoms with van der Waals surface area (Å²) in [6.45, 7) is 9.53. The fraction of sp³-hybridized carbons (Fsp3) is 0.833. The van der Waals surface area contributed by atoms with E-state index in [0.29, 0.717) is 18.3 Å². The number of hydrogen-bond donors (Lipinski definition) is 2. The SMILES string of the molecule is CC(C)C(C)CC(=O)NCC(C)(C)C(=O)O. The van der Waals surface area contributed by atoms with Crippen LogP contribution in [0.4, 0.5) is 0 Å². The molecule has 0 saturated carbocycles. The van der Waals surface area contributed by atoms with E-state index in [-0.39, 0.29) is 12.5 Å². The molecule has 0 aliphatic carbocycles. The average Bonchev–Trinajstić information content (AvgIpc) is 2.14. The Morgan fingerprint density at radius 3 is 2.12 bits per heavy atom. The molecule has 0 aliphatic heterocycles. The summed E-state index contributed by atoms with van der Waals surface area (Å²) in [5.41, 5.74) is -0.906. The van der Waals surface area contributed by atoms with Crippen LogP contribution in [0.5, 0.6) is 0 Å². The van der Waals surface area contributed by atoms with Crippen molar-refractivity contribution >= 4 is 11.9 Å². The van der Waals surface area contributed by atoms with Gasteiger partial charge >= 0.3 is 5.97 Å². The van der Waals surface area contributed by atoms with Crippen LogP contribution in [0.2, 0.25) is 0 Å². The maximum atomic E-state index is 11.5. The molecule has 1 amide bonds. The van der Waals surface area contributed by atoms with Crippen molar-refractivity contribution in [3.05, 3.63) is 0 Å². The van der Waals surface area contributed by atoms with Gasteiger partial charge in [0.25, 0.3) is 0 Å². The third-order valence-corrected chi connectivity index (χ3v) is 2.95. The molecular formula is C12H23NO3. The molecule has 4 nitrogen and oxygen atoms in total. The van der Waals surface area contributed by atoms with Crippen LogP contribution in [0, 0.1) is 17.3 Å². The van der Waals surface area contributed by atoms with Crippen molar-refractivity contribution in [2.24, 2.45) is 17.3 Å². The summed E-state index contributed by atoms with van der Waals surface area (Å²) in [6.07, 6.45) is 0.452. The number of amides is 1. The molecule has 2 N–H and O–H groups in total. The van der Waals surface area contributed by atoms with E-state index >= 15 is 0 Å². The maximum absolute atomic E-state index is 11.5. The highest BCUT2D eigenvalue weighted by Gasteiger charge is 2.27. The third-order valence-electron chi connectivity index (χ3n) is 2.95. The Hall–Kier alpha value is -1.06. The van der Waals surface area contributed by atoms with Crippen molar-refractivity contribution in [2.75, 3.05) is 6.54 Å². The first kappa shape index (κ1) is 14.9. The van der Waals surface area contributed by atoms with E-state index in [4.69, 9.17) is 5.11 Å². The van der Waals surface area contributed by atoms with Crippen LogP contribution in [0.25, 0.3) is 0 Å². The summed E-state index contributed by atoms with van der Waals surface area (Å²) in [5, 5.41) is 11.5. The van der Waals surface area contributed by atoms with Crippen LogP contribution < -0.4 is 5.32 Å². The maximum Gasteiger partial charge on any atom is 0.310 e. The molecule has 16 heavy (non-hydrogen) atoms. The predicted octanol–water partition coefficient (Wildman–Crippen LogP) is 1.90. The number of nitrogens with one attached hydrogen (secondary N) is 1. The van der Waals surface area contributed by atoms with E-state index in [0.717, 1.165) is 0 Å². The van der Waals surface area contributed by atoms with E-state index in [1.54, 1.807) is 13.8 Å². The van der Waals surface area contributed by atoms with Crippen molar-refractivity contribution < 1.29 is 14.7 Å². The highest BCUT2D eigenvalue weighted by atomic mass is 16.4. The lowest BCUT2D eigenvalue weighted by molar-refractivity contribution is -0.146. The van der Waals surface area contributed by atoms with Crippen molar-refractivity contribution in [3.63, 3.8) is 0 Å².